The predicted octanol–water partition coefficient (Wildman–Crippen LogP) is 3.71. The Bertz CT molecular complexity index is 852. The number of sulfonamides is 1. The van der Waals surface area contributed by atoms with Crippen molar-refractivity contribution >= 4 is 31.6 Å². The molecule has 6 nitrogen and oxygen atoms in total. The molecule has 1 unspecified atom stereocenters. The maximum atomic E-state index is 12.6. The molecule has 1 N–H and O–H groups in total. The fourth-order valence-corrected chi connectivity index (χ4v) is 4.39. The van der Waals surface area contributed by atoms with Gasteiger partial charge in [-0.3, -0.25) is 10.1 Å². The van der Waals surface area contributed by atoms with Gasteiger partial charge >= 0.3 is 0 Å². The molecule has 0 fully saturated rings. The lowest BCUT2D eigenvalue weighted by Crippen LogP contribution is -2.27. The summed E-state index contributed by atoms with van der Waals surface area (Å²) in [5.74, 6) is 0. The van der Waals surface area contributed by atoms with Gasteiger partial charge < -0.3 is 0 Å². The van der Waals surface area contributed by atoms with Gasteiger partial charge in [-0.05, 0) is 31.5 Å². The van der Waals surface area contributed by atoms with Gasteiger partial charge in [0.05, 0.1) is 9.82 Å². The summed E-state index contributed by atoms with van der Waals surface area (Å²) in [5.41, 5.74) is 0.671. The molecule has 122 valence electrons. The number of nitro groups is 1. The number of rotatable bonds is 5. The Balaban J connectivity index is 2.39. The Kier molecular flexibility index (Phi) is 5.18. The summed E-state index contributed by atoms with van der Waals surface area (Å²) in [6.07, 6.45) is 0. The van der Waals surface area contributed by atoms with Gasteiger partial charge in [-0.15, -0.1) is 0 Å². The highest BCUT2D eigenvalue weighted by molar-refractivity contribution is 9.10. The van der Waals surface area contributed by atoms with E-state index in [-0.39, 0.29) is 16.1 Å². The van der Waals surface area contributed by atoms with Crippen molar-refractivity contribution in [2.24, 2.45) is 0 Å². The highest BCUT2D eigenvalue weighted by Crippen LogP contribution is 2.28. The van der Waals surface area contributed by atoms with Crippen LogP contribution < -0.4 is 4.72 Å². The number of hydrogen-bond acceptors (Lipinski definition) is 4. The maximum absolute atomic E-state index is 12.6. The highest BCUT2D eigenvalue weighted by Gasteiger charge is 2.25. The second-order valence-corrected chi connectivity index (χ2v) is 7.56. The van der Waals surface area contributed by atoms with Crippen LogP contribution in [0.2, 0.25) is 0 Å². The van der Waals surface area contributed by atoms with Crippen LogP contribution in [0.4, 0.5) is 5.69 Å². The van der Waals surface area contributed by atoms with Crippen molar-refractivity contribution in [3.05, 3.63) is 68.2 Å². The summed E-state index contributed by atoms with van der Waals surface area (Å²) in [6.45, 7) is 3.14. The molecule has 1 atom stereocenters. The van der Waals surface area contributed by atoms with Crippen LogP contribution in [0.5, 0.6) is 0 Å². The summed E-state index contributed by atoms with van der Waals surface area (Å²) in [6, 6.07) is 10.8. The van der Waals surface area contributed by atoms with E-state index in [2.05, 4.69) is 20.7 Å². The summed E-state index contributed by atoms with van der Waals surface area (Å²) < 4.78 is 28.5. The van der Waals surface area contributed by atoms with Crippen LogP contribution in [0.25, 0.3) is 0 Å². The van der Waals surface area contributed by atoms with Crippen molar-refractivity contribution in [2.45, 2.75) is 24.8 Å². The van der Waals surface area contributed by atoms with Crippen LogP contribution in [-0.2, 0) is 10.0 Å². The molecular formula is C15H15BrN2O4S. The number of halogens is 1. The van der Waals surface area contributed by atoms with E-state index in [0.717, 1.165) is 10.0 Å². The van der Waals surface area contributed by atoms with E-state index in [9.17, 15) is 18.5 Å². The first-order valence-electron chi connectivity index (χ1n) is 6.75. The zero-order chi connectivity index (χ0) is 17.2. The molecule has 0 amide bonds. The van der Waals surface area contributed by atoms with Gasteiger partial charge in [-0.25, -0.2) is 13.1 Å². The standard InChI is InChI=1S/C15H15BrN2O4S/c1-10-14(18(19)20)8-5-9-15(10)23(21,22)17-11(2)12-6-3-4-7-13(12)16/h3-9,11,17H,1-2H3. The van der Waals surface area contributed by atoms with Crippen molar-refractivity contribution in [1.29, 1.82) is 0 Å². The molecule has 2 rings (SSSR count). The van der Waals surface area contributed by atoms with Crippen LogP contribution in [-0.4, -0.2) is 13.3 Å². The van der Waals surface area contributed by atoms with Crippen LogP contribution in [0, 0.1) is 17.0 Å². The SMILES string of the molecule is Cc1c([N+](=O)[O-])cccc1S(=O)(=O)NC(C)c1ccccc1Br. The average molecular weight is 399 g/mol. The molecule has 0 saturated carbocycles. The Morgan fingerprint density at radius 1 is 1.17 bits per heavy atom. The molecule has 2 aromatic rings. The molecule has 0 saturated heterocycles. The Morgan fingerprint density at radius 2 is 1.83 bits per heavy atom. The van der Waals surface area contributed by atoms with Gasteiger partial charge in [-0.2, -0.15) is 0 Å². The first-order chi connectivity index (χ1) is 10.7. The number of benzene rings is 2. The van der Waals surface area contributed by atoms with Gasteiger partial charge in [0, 0.05) is 22.1 Å². The van der Waals surface area contributed by atoms with Crippen molar-refractivity contribution in [3.8, 4) is 0 Å². The van der Waals surface area contributed by atoms with Crippen LogP contribution >= 0.6 is 15.9 Å². The number of nitrogens with one attached hydrogen (secondary N) is 1. The van der Waals surface area contributed by atoms with E-state index in [0.29, 0.717) is 0 Å². The van der Waals surface area contributed by atoms with Gasteiger partial charge in [-0.1, -0.05) is 40.2 Å². The van der Waals surface area contributed by atoms with Crippen molar-refractivity contribution < 1.29 is 13.3 Å². The summed E-state index contributed by atoms with van der Waals surface area (Å²) >= 11 is 3.38. The molecule has 0 aromatic heterocycles. The number of nitrogens with zero attached hydrogens (tertiary/aromatic N) is 1. The van der Waals surface area contributed by atoms with Crippen molar-refractivity contribution in [2.75, 3.05) is 0 Å². The van der Waals surface area contributed by atoms with Gasteiger partial charge in [0.2, 0.25) is 10.0 Å². The highest BCUT2D eigenvalue weighted by atomic mass is 79.9. The van der Waals surface area contributed by atoms with E-state index in [1.54, 1.807) is 13.0 Å². The van der Waals surface area contributed by atoms with Gasteiger partial charge in [0.15, 0.2) is 0 Å². The Morgan fingerprint density at radius 3 is 2.43 bits per heavy atom. The van der Waals surface area contributed by atoms with E-state index in [1.807, 2.05) is 18.2 Å². The second kappa shape index (κ2) is 6.77. The van der Waals surface area contributed by atoms with Crippen LogP contribution in [0.15, 0.2) is 51.8 Å². The monoisotopic (exact) mass is 398 g/mol. The minimum Gasteiger partial charge on any atom is -0.258 e. The lowest BCUT2D eigenvalue weighted by Gasteiger charge is -2.17. The molecule has 23 heavy (non-hydrogen) atoms. The third kappa shape index (κ3) is 3.77. The minimum atomic E-state index is -3.89. The minimum absolute atomic E-state index is 0.0920. The molecule has 8 heteroatoms. The Hall–Kier alpha value is -1.77. The zero-order valence-corrected chi connectivity index (χ0v) is 14.9. The fraction of sp³-hybridized carbons (Fsp3) is 0.200. The average Bonchev–Trinajstić information content (AvgIpc) is 2.46. The van der Waals surface area contributed by atoms with E-state index >= 15 is 0 Å². The molecule has 0 aliphatic heterocycles. The number of nitro benzene ring substituents is 1. The normalized spacial score (nSPS) is 12.8. The van der Waals surface area contributed by atoms with E-state index in [1.165, 1.54) is 25.1 Å². The van der Waals surface area contributed by atoms with Crippen molar-refractivity contribution in [3.63, 3.8) is 0 Å². The van der Waals surface area contributed by atoms with Crippen molar-refractivity contribution in [1.82, 2.24) is 4.72 Å². The van der Waals surface area contributed by atoms with Crippen LogP contribution in [0.3, 0.4) is 0 Å². The summed E-state index contributed by atoms with van der Waals surface area (Å²) in [4.78, 5) is 10.3. The molecule has 0 aliphatic carbocycles. The summed E-state index contributed by atoms with van der Waals surface area (Å²) in [7, 11) is -3.89. The topological polar surface area (TPSA) is 89.3 Å². The molecule has 0 heterocycles. The Labute approximate surface area is 142 Å². The molecule has 0 aliphatic rings. The molecule has 0 radical (unpaired) electrons. The lowest BCUT2D eigenvalue weighted by molar-refractivity contribution is -0.385. The maximum Gasteiger partial charge on any atom is 0.273 e. The van der Waals surface area contributed by atoms with E-state index < -0.39 is 21.0 Å². The lowest BCUT2D eigenvalue weighted by atomic mass is 10.1. The third-order valence-corrected chi connectivity index (χ3v) is 5.85. The summed E-state index contributed by atoms with van der Waals surface area (Å²) in [5, 5.41) is 11.0. The van der Waals surface area contributed by atoms with Crippen LogP contribution in [0.1, 0.15) is 24.1 Å². The first-order valence-corrected chi connectivity index (χ1v) is 9.02. The third-order valence-electron chi connectivity index (χ3n) is 3.45. The molecule has 2 aromatic carbocycles. The quantitative estimate of drug-likeness (QED) is 0.613. The largest absolute Gasteiger partial charge is 0.273 e. The van der Waals surface area contributed by atoms with Gasteiger partial charge in [0.1, 0.15) is 0 Å². The first kappa shape index (κ1) is 17.6. The predicted molar refractivity (Wildman–Crippen MR) is 90.7 cm³/mol. The fourth-order valence-electron chi connectivity index (χ4n) is 2.28. The second-order valence-electron chi connectivity index (χ2n) is 5.02. The molecular weight excluding hydrogens is 384 g/mol. The smallest absolute Gasteiger partial charge is 0.258 e. The van der Waals surface area contributed by atoms with E-state index in [4.69, 9.17) is 0 Å². The zero-order valence-electron chi connectivity index (χ0n) is 12.5. The van der Waals surface area contributed by atoms with Gasteiger partial charge in [0.25, 0.3) is 5.69 Å². The molecule has 0 spiro atoms. The number of hydrogen-bond donors (Lipinski definition) is 1. The molecule has 0 bridgehead atoms.